The normalized spacial score (nSPS) is 5.57. The van der Waals surface area contributed by atoms with E-state index in [1.165, 1.54) is 0 Å². The van der Waals surface area contributed by atoms with Gasteiger partial charge in [0.25, 0.3) is 0 Å². The molecule has 0 N–H and O–H groups in total. The van der Waals surface area contributed by atoms with Crippen LogP contribution in [0, 0.1) is 0 Å². The van der Waals surface area contributed by atoms with Crippen LogP contribution < -0.4 is 69.2 Å². The average Bonchev–Trinajstić information content (AvgIpc) is 1.38. The van der Waals surface area contributed by atoms with Crippen LogP contribution in [-0.2, 0) is 4.86 Å². The van der Waals surface area contributed by atoms with Crippen LogP contribution in [0.25, 0.3) is 0 Å². The number of rotatable bonds is 1. The Hall–Kier alpha value is 1.87. The molecule has 0 saturated carbocycles. The minimum Gasteiger partial charge on any atom is -0.868 e. The standard InChI is InChI=1S/BFO3.2Na/c2-5-1(3)4;;/q-2;2*+1. The van der Waals surface area contributed by atoms with Crippen molar-refractivity contribution in [1.29, 1.82) is 0 Å². The van der Waals surface area contributed by atoms with Crippen LogP contribution in [-0.4, -0.2) is 7.32 Å². The Morgan fingerprint density at radius 3 is 1.43 bits per heavy atom. The molecule has 0 fully saturated rings. The van der Waals surface area contributed by atoms with E-state index in [0.29, 0.717) is 0 Å². The van der Waals surface area contributed by atoms with Gasteiger partial charge in [-0.05, 0) is 0 Å². The van der Waals surface area contributed by atoms with Crippen LogP contribution in [0.2, 0.25) is 0 Å². The topological polar surface area (TPSA) is 55.3 Å². The third-order valence-corrected chi connectivity index (χ3v) is 0.0727. The molecular weight excluding hydrogens is 124 g/mol. The first kappa shape index (κ1) is 15.9. The van der Waals surface area contributed by atoms with E-state index in [1.807, 2.05) is 0 Å². The van der Waals surface area contributed by atoms with E-state index >= 15 is 0 Å². The zero-order valence-corrected chi connectivity index (χ0v) is 8.18. The Kier molecular flexibility index (Phi) is 24.6. The molecule has 0 aromatic carbocycles. The van der Waals surface area contributed by atoms with Gasteiger partial charge in [-0.3, -0.25) is 0 Å². The van der Waals surface area contributed by atoms with Crippen LogP contribution >= 0.6 is 0 Å². The molecule has 7 heavy (non-hydrogen) atoms. The van der Waals surface area contributed by atoms with E-state index in [9.17, 15) is 4.53 Å². The first-order valence-electron chi connectivity index (χ1n) is 0.861. The zero-order chi connectivity index (χ0) is 4.28. The molecule has 0 aliphatic rings. The summed E-state index contributed by atoms with van der Waals surface area (Å²) in [5, 5.41) is 17.5. The van der Waals surface area contributed by atoms with Gasteiger partial charge in [0.05, 0.1) is 0 Å². The van der Waals surface area contributed by atoms with Gasteiger partial charge >= 0.3 is 59.1 Å². The summed E-state index contributed by atoms with van der Waals surface area (Å²) in [6.07, 6.45) is 0. The van der Waals surface area contributed by atoms with Gasteiger partial charge in [-0.2, -0.15) is 0 Å². The maximum atomic E-state index is 9.99. The summed E-state index contributed by atoms with van der Waals surface area (Å²) >= 11 is 0. The molecule has 0 aromatic rings. The van der Waals surface area contributed by atoms with Gasteiger partial charge in [0.2, 0.25) is 0 Å². The van der Waals surface area contributed by atoms with Crippen molar-refractivity contribution < 1.29 is 78.5 Å². The van der Waals surface area contributed by atoms with Gasteiger partial charge in [-0.1, -0.05) is 4.53 Å². The molecule has 0 atom stereocenters. The maximum Gasteiger partial charge on any atom is 1.00 e. The Morgan fingerprint density at radius 2 is 1.43 bits per heavy atom. The van der Waals surface area contributed by atoms with Gasteiger partial charge in [-0.15, -0.1) is 0 Å². The summed E-state index contributed by atoms with van der Waals surface area (Å²) in [6.45, 7) is 0. The number of hydrogen-bond donors (Lipinski definition) is 0. The third kappa shape index (κ3) is 18.1. The van der Waals surface area contributed by atoms with Crippen molar-refractivity contribution in [3.05, 3.63) is 0 Å². The molecule has 0 amide bonds. The SMILES string of the molecule is [Na+].[Na+].[O-]B([O-])OF. The minimum absolute atomic E-state index is 0. The van der Waals surface area contributed by atoms with Gasteiger partial charge in [0.1, 0.15) is 7.32 Å². The molecule has 0 aromatic heterocycles. The van der Waals surface area contributed by atoms with Crippen molar-refractivity contribution in [3.63, 3.8) is 0 Å². The molecule has 0 heterocycles. The molecule has 3 nitrogen and oxygen atoms in total. The van der Waals surface area contributed by atoms with E-state index in [2.05, 4.69) is 4.86 Å². The number of halogens is 1. The molecule has 0 aliphatic carbocycles. The van der Waals surface area contributed by atoms with Crippen molar-refractivity contribution in [2.24, 2.45) is 0 Å². The second kappa shape index (κ2) is 10.8. The van der Waals surface area contributed by atoms with Gasteiger partial charge in [0, 0.05) is 0 Å². The van der Waals surface area contributed by atoms with Crippen molar-refractivity contribution in [2.45, 2.75) is 0 Å². The quantitative estimate of drug-likeness (QED) is 0.326. The van der Waals surface area contributed by atoms with Crippen LogP contribution in [0.4, 0.5) is 4.53 Å². The van der Waals surface area contributed by atoms with Crippen LogP contribution in [0.15, 0.2) is 0 Å². The van der Waals surface area contributed by atoms with Crippen molar-refractivity contribution >= 4 is 7.32 Å². The summed E-state index contributed by atoms with van der Waals surface area (Å²) in [7, 11) is -2.78. The molecule has 0 spiro atoms. The number of hydrogen-bond acceptors (Lipinski definition) is 3. The fourth-order valence-corrected chi connectivity index (χ4v) is 0. The fraction of sp³-hybridized carbons (Fsp3) is 0. The second-order valence-electron chi connectivity index (χ2n) is 0.378. The summed E-state index contributed by atoms with van der Waals surface area (Å²) in [5.74, 6) is 0. The van der Waals surface area contributed by atoms with E-state index in [-0.39, 0.29) is 59.1 Å². The van der Waals surface area contributed by atoms with E-state index in [4.69, 9.17) is 10.0 Å². The fourth-order valence-electron chi connectivity index (χ4n) is 0. The summed E-state index contributed by atoms with van der Waals surface area (Å²) in [6, 6.07) is 0. The summed E-state index contributed by atoms with van der Waals surface area (Å²) in [4.78, 5) is 2.14. The zero-order valence-electron chi connectivity index (χ0n) is 4.18. The molecule has 0 aliphatic heterocycles. The molecular formula is BFNa2O3. The van der Waals surface area contributed by atoms with Gasteiger partial charge in [-0.25, -0.2) is 0 Å². The third-order valence-electron chi connectivity index (χ3n) is 0.0727. The van der Waals surface area contributed by atoms with Gasteiger partial charge in [0.15, 0.2) is 0 Å². The molecule has 7 heteroatoms. The molecule has 0 saturated heterocycles. The summed E-state index contributed by atoms with van der Waals surface area (Å²) in [5.41, 5.74) is 0. The molecule has 0 bridgehead atoms. The first-order valence-corrected chi connectivity index (χ1v) is 0.861. The van der Waals surface area contributed by atoms with Crippen LogP contribution in [0.3, 0.4) is 0 Å². The van der Waals surface area contributed by atoms with E-state index < -0.39 is 7.32 Å². The first-order chi connectivity index (χ1) is 2.27. The average molecular weight is 124 g/mol. The molecule has 0 rings (SSSR count). The van der Waals surface area contributed by atoms with E-state index in [1.54, 1.807) is 0 Å². The van der Waals surface area contributed by atoms with Crippen molar-refractivity contribution in [3.8, 4) is 0 Å². The summed E-state index contributed by atoms with van der Waals surface area (Å²) < 4.78 is 9.99. The molecule has 0 unspecified atom stereocenters. The Labute approximate surface area is 84.9 Å². The Morgan fingerprint density at radius 1 is 1.29 bits per heavy atom. The Bertz CT molecular complexity index is 26.9. The minimum atomic E-state index is -2.78. The largest absolute Gasteiger partial charge is 1.00 e. The maximum absolute atomic E-state index is 9.99. The van der Waals surface area contributed by atoms with Crippen molar-refractivity contribution in [1.82, 2.24) is 0 Å². The predicted octanol–water partition coefficient (Wildman–Crippen LogP) is -8.40. The monoisotopic (exact) mass is 124 g/mol. The van der Waals surface area contributed by atoms with Crippen LogP contribution in [0.5, 0.6) is 0 Å². The smallest absolute Gasteiger partial charge is 0.868 e. The van der Waals surface area contributed by atoms with E-state index in [0.717, 1.165) is 0 Å². The van der Waals surface area contributed by atoms with Crippen LogP contribution in [0.1, 0.15) is 0 Å². The second-order valence-corrected chi connectivity index (χ2v) is 0.378. The van der Waals surface area contributed by atoms with Gasteiger partial charge < -0.3 is 14.9 Å². The van der Waals surface area contributed by atoms with Crippen molar-refractivity contribution in [2.75, 3.05) is 0 Å². The molecule has 0 radical (unpaired) electrons. The molecule has 30 valence electrons. The predicted molar refractivity (Wildman–Crippen MR) is 7.95 cm³/mol. The Balaban J connectivity index is -0.0000000800.